The average Bonchev–Trinajstić information content (AvgIpc) is 2.74. The van der Waals surface area contributed by atoms with E-state index in [-0.39, 0.29) is 5.91 Å². The lowest BCUT2D eigenvalue weighted by Gasteiger charge is -2.15. The van der Waals surface area contributed by atoms with Gasteiger partial charge in [0.2, 0.25) is 0 Å². The Hall–Kier alpha value is -1.27. The Balaban J connectivity index is 2.12. The van der Waals surface area contributed by atoms with Crippen LogP contribution < -0.4 is 0 Å². The molecule has 0 saturated carbocycles. The third-order valence-electron chi connectivity index (χ3n) is 2.37. The second-order valence-electron chi connectivity index (χ2n) is 3.84. The number of hydrogen-bond donors (Lipinski definition) is 0. The predicted octanol–water partition coefficient (Wildman–Crippen LogP) is 2.88. The molecule has 0 atom stereocenters. The quantitative estimate of drug-likeness (QED) is 0.871. The number of nitrogens with zero attached hydrogens (tertiary/aromatic N) is 3. The first-order valence-electron chi connectivity index (χ1n) is 5.35. The second kappa shape index (κ2) is 5.58. The smallest absolute Gasteiger partial charge is 0.273 e. The standard InChI is InChI=1S/C12H12BrN3OS/c1-8-15-6-9(18-8)7-16(2)12(17)11-10(13)4-3-5-14-11/h3-6H,7H2,1-2H3. The van der Waals surface area contributed by atoms with Gasteiger partial charge in [0, 0.05) is 28.8 Å². The van der Waals surface area contributed by atoms with Gasteiger partial charge in [-0.1, -0.05) is 0 Å². The summed E-state index contributed by atoms with van der Waals surface area (Å²) in [4.78, 5) is 23.2. The molecule has 0 fully saturated rings. The van der Waals surface area contributed by atoms with Crippen molar-refractivity contribution in [2.45, 2.75) is 13.5 Å². The molecule has 0 unspecified atom stereocenters. The highest BCUT2D eigenvalue weighted by atomic mass is 79.9. The molecule has 0 aliphatic carbocycles. The van der Waals surface area contributed by atoms with Crippen LogP contribution in [0.25, 0.3) is 0 Å². The number of amides is 1. The molecule has 0 N–H and O–H groups in total. The van der Waals surface area contributed by atoms with Gasteiger partial charge in [-0.3, -0.25) is 4.79 Å². The Morgan fingerprint density at radius 2 is 2.28 bits per heavy atom. The molecule has 0 aliphatic rings. The van der Waals surface area contributed by atoms with E-state index in [1.54, 1.807) is 41.7 Å². The van der Waals surface area contributed by atoms with Crippen LogP contribution in [0.2, 0.25) is 0 Å². The van der Waals surface area contributed by atoms with Crippen LogP contribution in [0, 0.1) is 6.92 Å². The second-order valence-corrected chi connectivity index (χ2v) is 6.01. The molecule has 0 radical (unpaired) electrons. The molecule has 0 saturated heterocycles. The third kappa shape index (κ3) is 2.94. The first kappa shape index (κ1) is 13.2. The predicted molar refractivity (Wildman–Crippen MR) is 74.6 cm³/mol. The summed E-state index contributed by atoms with van der Waals surface area (Å²) in [6.45, 7) is 2.50. The molecule has 2 heterocycles. The lowest BCUT2D eigenvalue weighted by molar-refractivity contribution is 0.0779. The van der Waals surface area contributed by atoms with E-state index in [0.717, 1.165) is 9.88 Å². The summed E-state index contributed by atoms with van der Waals surface area (Å²) in [5.41, 5.74) is 0.432. The average molecular weight is 326 g/mol. The minimum atomic E-state index is -0.103. The molecule has 18 heavy (non-hydrogen) atoms. The van der Waals surface area contributed by atoms with Gasteiger partial charge in [-0.25, -0.2) is 9.97 Å². The minimum absolute atomic E-state index is 0.103. The van der Waals surface area contributed by atoms with Crippen LogP contribution in [-0.2, 0) is 6.54 Å². The summed E-state index contributed by atoms with van der Waals surface area (Å²) in [6.07, 6.45) is 3.42. The molecule has 0 bridgehead atoms. The van der Waals surface area contributed by atoms with E-state index in [0.29, 0.717) is 16.7 Å². The van der Waals surface area contributed by atoms with E-state index >= 15 is 0 Å². The number of thiazole rings is 1. The van der Waals surface area contributed by atoms with Gasteiger partial charge >= 0.3 is 0 Å². The third-order valence-corrected chi connectivity index (χ3v) is 3.91. The van der Waals surface area contributed by atoms with Crippen molar-refractivity contribution in [2.24, 2.45) is 0 Å². The molecular formula is C12H12BrN3OS. The lowest BCUT2D eigenvalue weighted by Crippen LogP contribution is -2.27. The van der Waals surface area contributed by atoms with E-state index in [4.69, 9.17) is 0 Å². The summed E-state index contributed by atoms with van der Waals surface area (Å²) >= 11 is 4.93. The lowest BCUT2D eigenvalue weighted by atomic mass is 10.3. The highest BCUT2D eigenvalue weighted by molar-refractivity contribution is 9.10. The Bertz CT molecular complexity index is 570. The molecule has 2 aromatic rings. The number of pyridine rings is 1. The van der Waals surface area contributed by atoms with Gasteiger partial charge in [-0.05, 0) is 35.0 Å². The van der Waals surface area contributed by atoms with E-state index in [9.17, 15) is 4.79 Å². The molecule has 6 heteroatoms. The zero-order valence-corrected chi connectivity index (χ0v) is 12.5. The van der Waals surface area contributed by atoms with E-state index in [1.165, 1.54) is 0 Å². The zero-order chi connectivity index (χ0) is 13.1. The topological polar surface area (TPSA) is 46.1 Å². The first-order chi connectivity index (χ1) is 8.58. The number of carbonyl (C=O) groups excluding carboxylic acids is 1. The Morgan fingerprint density at radius 1 is 1.50 bits per heavy atom. The van der Waals surface area contributed by atoms with E-state index in [1.807, 2.05) is 13.0 Å². The maximum Gasteiger partial charge on any atom is 0.273 e. The van der Waals surface area contributed by atoms with Gasteiger partial charge in [0.1, 0.15) is 5.69 Å². The molecule has 2 aromatic heterocycles. The van der Waals surface area contributed by atoms with Crippen LogP contribution in [0.15, 0.2) is 29.0 Å². The van der Waals surface area contributed by atoms with Crippen molar-refractivity contribution in [3.05, 3.63) is 44.6 Å². The van der Waals surface area contributed by atoms with Crippen molar-refractivity contribution in [1.29, 1.82) is 0 Å². The summed E-state index contributed by atoms with van der Waals surface area (Å²) in [5.74, 6) is -0.103. The summed E-state index contributed by atoms with van der Waals surface area (Å²) in [5, 5.41) is 1.00. The van der Waals surface area contributed by atoms with Crippen molar-refractivity contribution < 1.29 is 4.79 Å². The monoisotopic (exact) mass is 325 g/mol. The fourth-order valence-electron chi connectivity index (χ4n) is 1.51. The summed E-state index contributed by atoms with van der Waals surface area (Å²) < 4.78 is 0.710. The maximum atomic E-state index is 12.2. The Kier molecular flexibility index (Phi) is 4.08. The van der Waals surface area contributed by atoms with Gasteiger partial charge in [-0.2, -0.15) is 0 Å². The van der Waals surface area contributed by atoms with Gasteiger partial charge in [0.05, 0.1) is 11.6 Å². The van der Waals surface area contributed by atoms with Gasteiger partial charge in [0.15, 0.2) is 0 Å². The van der Waals surface area contributed by atoms with Crippen LogP contribution in [0.5, 0.6) is 0 Å². The molecule has 0 spiro atoms. The minimum Gasteiger partial charge on any atom is -0.335 e. The zero-order valence-electron chi connectivity index (χ0n) is 10.1. The largest absolute Gasteiger partial charge is 0.335 e. The number of rotatable bonds is 3. The van der Waals surface area contributed by atoms with Crippen LogP contribution in [0.1, 0.15) is 20.4 Å². The van der Waals surface area contributed by atoms with Crippen molar-refractivity contribution in [2.75, 3.05) is 7.05 Å². The number of halogens is 1. The molecule has 1 amide bonds. The molecule has 0 aliphatic heterocycles. The van der Waals surface area contributed by atoms with Gasteiger partial charge in [0.25, 0.3) is 5.91 Å². The molecule has 94 valence electrons. The van der Waals surface area contributed by atoms with Crippen LogP contribution in [0.4, 0.5) is 0 Å². The van der Waals surface area contributed by atoms with Crippen LogP contribution in [-0.4, -0.2) is 27.8 Å². The van der Waals surface area contributed by atoms with E-state index < -0.39 is 0 Å². The molecule has 0 aromatic carbocycles. The van der Waals surface area contributed by atoms with E-state index in [2.05, 4.69) is 25.9 Å². The van der Waals surface area contributed by atoms with Crippen LogP contribution >= 0.6 is 27.3 Å². The fraction of sp³-hybridized carbons (Fsp3) is 0.250. The fourth-order valence-corrected chi connectivity index (χ4v) is 2.78. The maximum absolute atomic E-state index is 12.2. The number of aryl methyl sites for hydroxylation is 1. The number of hydrogen-bond acceptors (Lipinski definition) is 4. The van der Waals surface area contributed by atoms with Crippen molar-refractivity contribution in [3.8, 4) is 0 Å². The molecular weight excluding hydrogens is 314 g/mol. The molecule has 4 nitrogen and oxygen atoms in total. The van der Waals surface area contributed by atoms with Gasteiger partial charge in [-0.15, -0.1) is 11.3 Å². The van der Waals surface area contributed by atoms with Crippen molar-refractivity contribution in [3.63, 3.8) is 0 Å². The van der Waals surface area contributed by atoms with Gasteiger partial charge < -0.3 is 4.90 Å². The number of carbonyl (C=O) groups is 1. The first-order valence-corrected chi connectivity index (χ1v) is 6.96. The highest BCUT2D eigenvalue weighted by Crippen LogP contribution is 2.18. The Labute approximate surface area is 118 Å². The van der Waals surface area contributed by atoms with Crippen molar-refractivity contribution >= 4 is 33.2 Å². The van der Waals surface area contributed by atoms with Crippen LogP contribution in [0.3, 0.4) is 0 Å². The molecule has 2 rings (SSSR count). The normalized spacial score (nSPS) is 10.4. The number of aromatic nitrogens is 2. The van der Waals surface area contributed by atoms with Crippen molar-refractivity contribution in [1.82, 2.24) is 14.9 Å². The summed E-state index contributed by atoms with van der Waals surface area (Å²) in [7, 11) is 1.76. The SMILES string of the molecule is Cc1ncc(CN(C)C(=O)c2ncccc2Br)s1. The summed E-state index contributed by atoms with van der Waals surface area (Å²) in [6, 6.07) is 3.60. The highest BCUT2D eigenvalue weighted by Gasteiger charge is 2.16. The Morgan fingerprint density at radius 3 is 2.89 bits per heavy atom.